The predicted octanol–water partition coefficient (Wildman–Crippen LogP) is 1.69. The van der Waals surface area contributed by atoms with E-state index in [1.807, 2.05) is 0 Å². The van der Waals surface area contributed by atoms with Crippen LogP contribution in [0.4, 0.5) is 0 Å². The third-order valence-electron chi connectivity index (χ3n) is 2.95. The van der Waals surface area contributed by atoms with Crippen molar-refractivity contribution in [3.8, 4) is 0 Å². The van der Waals surface area contributed by atoms with E-state index in [1.165, 1.54) is 12.7 Å². The zero-order valence-corrected chi connectivity index (χ0v) is 10.1. The molecule has 1 aliphatic rings. The number of carbonyl (C=O) groups excluding carboxylic acids is 1. The first-order valence-electron chi connectivity index (χ1n) is 5.48. The summed E-state index contributed by atoms with van der Waals surface area (Å²) in [7, 11) is 1.47. The van der Waals surface area contributed by atoms with E-state index < -0.39 is 0 Å². The average Bonchev–Trinajstić information content (AvgIpc) is 2.55. The Balaban J connectivity index is 2.48. The Labute approximate surface area is 92.1 Å². The molecule has 2 unspecified atom stereocenters. The molecule has 3 nitrogen and oxygen atoms in total. The molecule has 1 fully saturated rings. The van der Waals surface area contributed by atoms with Crippen molar-refractivity contribution in [2.45, 2.75) is 20.8 Å². The highest BCUT2D eigenvalue weighted by Gasteiger charge is 2.34. The Hall–Kier alpha value is -0.830. The van der Waals surface area contributed by atoms with Crippen molar-refractivity contribution in [1.29, 1.82) is 0 Å². The molecule has 0 spiro atoms. The summed E-state index contributed by atoms with van der Waals surface area (Å²) in [5.41, 5.74) is 1.32. The molecule has 0 N–H and O–H groups in total. The number of ether oxygens (including phenoxy) is 1. The van der Waals surface area contributed by atoms with Gasteiger partial charge < -0.3 is 4.74 Å². The molecule has 1 saturated heterocycles. The van der Waals surface area contributed by atoms with Gasteiger partial charge in [-0.25, -0.2) is 0 Å². The van der Waals surface area contributed by atoms with Gasteiger partial charge in [0.1, 0.15) is 0 Å². The van der Waals surface area contributed by atoms with E-state index in [2.05, 4.69) is 31.7 Å². The summed E-state index contributed by atoms with van der Waals surface area (Å²) in [5, 5.41) is 0. The lowest BCUT2D eigenvalue weighted by atomic mass is 9.99. The predicted molar refractivity (Wildman–Crippen MR) is 60.5 cm³/mol. The number of rotatable bonds is 3. The molecule has 0 aliphatic carbocycles. The maximum atomic E-state index is 11.4. The minimum Gasteiger partial charge on any atom is -0.469 e. The van der Waals surface area contributed by atoms with E-state index in [0.717, 1.165) is 19.6 Å². The van der Waals surface area contributed by atoms with Crippen molar-refractivity contribution in [2.75, 3.05) is 26.7 Å². The highest BCUT2D eigenvalue weighted by atomic mass is 16.5. The highest BCUT2D eigenvalue weighted by molar-refractivity contribution is 5.73. The molecule has 0 saturated carbocycles. The summed E-state index contributed by atoms with van der Waals surface area (Å²) in [6.07, 6.45) is 2.20. The Morgan fingerprint density at radius 2 is 2.13 bits per heavy atom. The number of hydrogen-bond donors (Lipinski definition) is 0. The van der Waals surface area contributed by atoms with Crippen LogP contribution in [0, 0.1) is 11.8 Å². The molecular weight excluding hydrogens is 190 g/mol. The molecule has 0 aromatic rings. The molecule has 0 aromatic heterocycles. The van der Waals surface area contributed by atoms with Crippen LogP contribution in [0.3, 0.4) is 0 Å². The summed E-state index contributed by atoms with van der Waals surface area (Å²) < 4.78 is 4.80. The SMILES string of the molecule is COC(=O)C1CN(CC=C(C)C)CC1C. The summed E-state index contributed by atoms with van der Waals surface area (Å²) in [6.45, 7) is 9.07. The smallest absolute Gasteiger partial charge is 0.310 e. The van der Waals surface area contributed by atoms with Crippen LogP contribution in [0.15, 0.2) is 11.6 Å². The number of allylic oxidation sites excluding steroid dienone is 1. The molecule has 0 radical (unpaired) electrons. The fraction of sp³-hybridized carbons (Fsp3) is 0.750. The molecule has 1 heterocycles. The van der Waals surface area contributed by atoms with Crippen molar-refractivity contribution in [3.05, 3.63) is 11.6 Å². The molecule has 1 aliphatic heterocycles. The van der Waals surface area contributed by atoms with Gasteiger partial charge in [0, 0.05) is 19.6 Å². The maximum Gasteiger partial charge on any atom is 0.310 e. The van der Waals surface area contributed by atoms with Gasteiger partial charge in [-0.1, -0.05) is 18.6 Å². The van der Waals surface area contributed by atoms with Gasteiger partial charge >= 0.3 is 5.97 Å². The Morgan fingerprint density at radius 3 is 2.67 bits per heavy atom. The van der Waals surface area contributed by atoms with Crippen molar-refractivity contribution in [3.63, 3.8) is 0 Å². The Bertz CT molecular complexity index is 256. The molecule has 0 aromatic carbocycles. The molecule has 0 amide bonds. The minimum absolute atomic E-state index is 0.0561. The lowest BCUT2D eigenvalue weighted by molar-refractivity contribution is -0.146. The second kappa shape index (κ2) is 5.31. The van der Waals surface area contributed by atoms with Crippen LogP contribution >= 0.6 is 0 Å². The van der Waals surface area contributed by atoms with E-state index in [0.29, 0.717) is 5.92 Å². The van der Waals surface area contributed by atoms with Gasteiger partial charge in [0.05, 0.1) is 13.0 Å². The maximum absolute atomic E-state index is 11.4. The fourth-order valence-electron chi connectivity index (χ4n) is 1.99. The fourth-order valence-corrected chi connectivity index (χ4v) is 1.99. The molecular formula is C12H21NO2. The van der Waals surface area contributed by atoms with Gasteiger partial charge in [0.15, 0.2) is 0 Å². The Morgan fingerprint density at radius 1 is 1.47 bits per heavy atom. The van der Waals surface area contributed by atoms with Gasteiger partial charge in [0.25, 0.3) is 0 Å². The first-order chi connectivity index (χ1) is 7.04. The van der Waals surface area contributed by atoms with Crippen molar-refractivity contribution >= 4 is 5.97 Å². The lowest BCUT2D eigenvalue weighted by Gasteiger charge is -2.12. The van der Waals surface area contributed by atoms with Gasteiger partial charge in [0.2, 0.25) is 0 Å². The number of methoxy groups -OCH3 is 1. The van der Waals surface area contributed by atoms with Gasteiger partial charge in [-0.3, -0.25) is 9.69 Å². The molecule has 2 atom stereocenters. The van der Waals surface area contributed by atoms with Crippen LogP contribution in [-0.4, -0.2) is 37.6 Å². The number of hydrogen-bond acceptors (Lipinski definition) is 3. The highest BCUT2D eigenvalue weighted by Crippen LogP contribution is 2.23. The number of likely N-dealkylation sites (tertiary alicyclic amines) is 1. The summed E-state index contributed by atoms with van der Waals surface area (Å²) >= 11 is 0. The van der Waals surface area contributed by atoms with E-state index in [9.17, 15) is 4.79 Å². The standard InChI is InChI=1S/C12H21NO2/c1-9(2)5-6-13-7-10(3)11(8-13)12(14)15-4/h5,10-11H,6-8H2,1-4H3. The quantitative estimate of drug-likeness (QED) is 0.525. The zero-order valence-electron chi connectivity index (χ0n) is 10.1. The number of nitrogens with zero attached hydrogens (tertiary/aromatic N) is 1. The molecule has 15 heavy (non-hydrogen) atoms. The van der Waals surface area contributed by atoms with Crippen LogP contribution in [0.5, 0.6) is 0 Å². The molecule has 3 heteroatoms. The zero-order chi connectivity index (χ0) is 11.4. The van der Waals surface area contributed by atoms with Crippen molar-refractivity contribution in [2.24, 2.45) is 11.8 Å². The second-order valence-corrected chi connectivity index (χ2v) is 4.61. The van der Waals surface area contributed by atoms with E-state index in [1.54, 1.807) is 0 Å². The Kier molecular flexibility index (Phi) is 4.33. The van der Waals surface area contributed by atoms with E-state index >= 15 is 0 Å². The number of carbonyl (C=O) groups is 1. The van der Waals surface area contributed by atoms with Crippen molar-refractivity contribution < 1.29 is 9.53 Å². The van der Waals surface area contributed by atoms with Crippen LogP contribution in [0.2, 0.25) is 0 Å². The van der Waals surface area contributed by atoms with Crippen LogP contribution in [0.1, 0.15) is 20.8 Å². The summed E-state index contributed by atoms with van der Waals surface area (Å²) in [5.74, 6) is 0.394. The van der Waals surface area contributed by atoms with Crippen molar-refractivity contribution in [1.82, 2.24) is 4.90 Å². The first kappa shape index (κ1) is 12.2. The van der Waals surface area contributed by atoms with Crippen LogP contribution in [-0.2, 0) is 9.53 Å². The normalized spacial score (nSPS) is 26.4. The largest absolute Gasteiger partial charge is 0.469 e. The van der Waals surface area contributed by atoms with Gasteiger partial charge in [-0.2, -0.15) is 0 Å². The number of esters is 1. The monoisotopic (exact) mass is 211 g/mol. The van der Waals surface area contributed by atoms with Crippen LogP contribution < -0.4 is 0 Å². The minimum atomic E-state index is -0.0674. The lowest BCUT2D eigenvalue weighted by Crippen LogP contribution is -2.24. The molecule has 86 valence electrons. The molecule has 0 bridgehead atoms. The average molecular weight is 211 g/mol. The molecule has 1 rings (SSSR count). The topological polar surface area (TPSA) is 29.5 Å². The van der Waals surface area contributed by atoms with E-state index in [-0.39, 0.29) is 11.9 Å². The third kappa shape index (κ3) is 3.34. The van der Waals surface area contributed by atoms with E-state index in [4.69, 9.17) is 4.74 Å². The first-order valence-corrected chi connectivity index (χ1v) is 5.48. The van der Waals surface area contributed by atoms with Gasteiger partial charge in [-0.15, -0.1) is 0 Å². The van der Waals surface area contributed by atoms with Crippen LogP contribution in [0.25, 0.3) is 0 Å². The summed E-state index contributed by atoms with van der Waals surface area (Å²) in [6, 6.07) is 0. The third-order valence-corrected chi connectivity index (χ3v) is 2.95. The summed E-state index contributed by atoms with van der Waals surface area (Å²) in [4.78, 5) is 13.7. The second-order valence-electron chi connectivity index (χ2n) is 4.61. The van der Waals surface area contributed by atoms with Gasteiger partial charge in [-0.05, 0) is 19.8 Å².